The molecule has 1 aliphatic rings. The highest BCUT2D eigenvalue weighted by molar-refractivity contribution is 5.94. The topological polar surface area (TPSA) is 88.8 Å². The molecule has 0 spiro atoms. The number of amides is 1. The molecule has 1 fully saturated rings. The van der Waals surface area contributed by atoms with Gasteiger partial charge in [0, 0.05) is 24.5 Å². The molecule has 1 N–H and O–H groups in total. The standard InChI is InChI=1S/C20H23N7O/c28-20(16-6-8-18(9-7-16)27-15-23-24-25-27)22-14-19(17-5-4-10-21-13-17)26-11-2-1-3-12-26/h4-10,13,15,19H,1-3,11-12,14H2,(H,22,28). The van der Waals surface area contributed by atoms with E-state index in [2.05, 4.69) is 36.8 Å². The van der Waals surface area contributed by atoms with Crippen molar-refractivity contribution < 1.29 is 4.79 Å². The highest BCUT2D eigenvalue weighted by atomic mass is 16.1. The number of likely N-dealkylation sites (tertiary alicyclic amines) is 1. The highest BCUT2D eigenvalue weighted by Crippen LogP contribution is 2.23. The Hall–Kier alpha value is -3.13. The van der Waals surface area contributed by atoms with Gasteiger partial charge in [-0.25, -0.2) is 4.68 Å². The van der Waals surface area contributed by atoms with Crippen molar-refractivity contribution in [2.24, 2.45) is 0 Å². The van der Waals surface area contributed by atoms with E-state index in [1.54, 1.807) is 23.0 Å². The molecule has 2 aromatic heterocycles. The smallest absolute Gasteiger partial charge is 0.251 e. The third-order valence-corrected chi connectivity index (χ3v) is 5.10. The van der Waals surface area contributed by atoms with Crippen molar-refractivity contribution in [1.29, 1.82) is 0 Å². The van der Waals surface area contributed by atoms with Gasteiger partial charge in [-0.3, -0.25) is 14.7 Å². The molecule has 0 bridgehead atoms. The van der Waals surface area contributed by atoms with Crippen molar-refractivity contribution in [3.63, 3.8) is 0 Å². The van der Waals surface area contributed by atoms with E-state index in [9.17, 15) is 4.79 Å². The maximum absolute atomic E-state index is 12.7. The lowest BCUT2D eigenvalue weighted by Crippen LogP contribution is -2.40. The van der Waals surface area contributed by atoms with Crippen LogP contribution in [0.2, 0.25) is 0 Å². The molecule has 1 unspecified atom stereocenters. The molecule has 0 aliphatic carbocycles. The average molecular weight is 377 g/mol. The maximum Gasteiger partial charge on any atom is 0.251 e. The third-order valence-electron chi connectivity index (χ3n) is 5.10. The molecule has 8 nitrogen and oxygen atoms in total. The van der Waals surface area contributed by atoms with Gasteiger partial charge in [-0.05, 0) is 72.3 Å². The van der Waals surface area contributed by atoms with Crippen LogP contribution in [0.4, 0.5) is 0 Å². The summed E-state index contributed by atoms with van der Waals surface area (Å²) in [6.45, 7) is 2.66. The van der Waals surface area contributed by atoms with Gasteiger partial charge in [0.1, 0.15) is 6.33 Å². The van der Waals surface area contributed by atoms with Crippen LogP contribution in [0.3, 0.4) is 0 Å². The second-order valence-corrected chi connectivity index (χ2v) is 6.91. The van der Waals surface area contributed by atoms with Crippen LogP contribution >= 0.6 is 0 Å². The van der Waals surface area contributed by atoms with Crippen LogP contribution in [0.5, 0.6) is 0 Å². The van der Waals surface area contributed by atoms with E-state index >= 15 is 0 Å². The van der Waals surface area contributed by atoms with Gasteiger partial charge in [0.05, 0.1) is 11.7 Å². The summed E-state index contributed by atoms with van der Waals surface area (Å²) in [5.74, 6) is -0.0887. The van der Waals surface area contributed by atoms with Crippen LogP contribution in [-0.4, -0.2) is 55.6 Å². The second kappa shape index (κ2) is 8.71. The first-order chi connectivity index (χ1) is 13.8. The first kappa shape index (κ1) is 18.2. The Morgan fingerprint density at radius 2 is 1.93 bits per heavy atom. The zero-order chi connectivity index (χ0) is 19.2. The van der Waals surface area contributed by atoms with E-state index in [0.29, 0.717) is 12.1 Å². The number of pyridine rings is 1. The average Bonchev–Trinajstić information content (AvgIpc) is 3.30. The number of carbonyl (C=O) groups is 1. The summed E-state index contributed by atoms with van der Waals surface area (Å²) in [5.41, 5.74) is 2.56. The van der Waals surface area contributed by atoms with Crippen LogP contribution in [0.25, 0.3) is 5.69 Å². The lowest BCUT2D eigenvalue weighted by molar-refractivity contribution is 0.0924. The van der Waals surface area contributed by atoms with Crippen LogP contribution in [-0.2, 0) is 0 Å². The first-order valence-corrected chi connectivity index (χ1v) is 9.57. The van der Waals surface area contributed by atoms with Gasteiger partial charge in [-0.2, -0.15) is 0 Å². The number of benzene rings is 1. The number of hydrogen-bond donors (Lipinski definition) is 1. The van der Waals surface area contributed by atoms with Gasteiger partial charge in [-0.1, -0.05) is 12.5 Å². The largest absolute Gasteiger partial charge is 0.350 e. The van der Waals surface area contributed by atoms with E-state index in [0.717, 1.165) is 24.3 Å². The lowest BCUT2D eigenvalue weighted by atomic mass is 10.0. The van der Waals surface area contributed by atoms with Gasteiger partial charge < -0.3 is 5.32 Å². The van der Waals surface area contributed by atoms with Gasteiger partial charge in [0.2, 0.25) is 0 Å². The molecular formula is C20H23N7O. The van der Waals surface area contributed by atoms with Crippen molar-refractivity contribution >= 4 is 5.91 Å². The number of nitrogens with zero attached hydrogens (tertiary/aromatic N) is 6. The summed E-state index contributed by atoms with van der Waals surface area (Å²) in [6.07, 6.45) is 8.86. The second-order valence-electron chi connectivity index (χ2n) is 6.91. The van der Waals surface area contributed by atoms with Crippen molar-refractivity contribution in [3.8, 4) is 5.69 Å². The predicted molar refractivity (Wildman–Crippen MR) is 104 cm³/mol. The number of piperidine rings is 1. The van der Waals surface area contributed by atoms with Crippen molar-refractivity contribution in [2.75, 3.05) is 19.6 Å². The molecule has 3 aromatic rings. The minimum atomic E-state index is -0.0887. The molecule has 1 amide bonds. The maximum atomic E-state index is 12.7. The highest BCUT2D eigenvalue weighted by Gasteiger charge is 2.23. The Labute approximate surface area is 163 Å². The minimum Gasteiger partial charge on any atom is -0.350 e. The molecule has 3 heterocycles. The molecule has 144 valence electrons. The lowest BCUT2D eigenvalue weighted by Gasteiger charge is -2.34. The molecule has 1 atom stereocenters. The number of tetrazole rings is 1. The predicted octanol–water partition coefficient (Wildman–Crippen LogP) is 2.01. The molecular weight excluding hydrogens is 354 g/mol. The quantitative estimate of drug-likeness (QED) is 0.707. The van der Waals surface area contributed by atoms with E-state index in [1.807, 2.05) is 24.4 Å². The van der Waals surface area contributed by atoms with Crippen LogP contribution in [0.15, 0.2) is 55.1 Å². The van der Waals surface area contributed by atoms with Crippen LogP contribution < -0.4 is 5.32 Å². The fraction of sp³-hybridized carbons (Fsp3) is 0.350. The first-order valence-electron chi connectivity index (χ1n) is 9.57. The van der Waals surface area contributed by atoms with Crippen molar-refractivity contribution in [1.82, 2.24) is 35.4 Å². The number of hydrogen-bond acceptors (Lipinski definition) is 6. The summed E-state index contributed by atoms with van der Waals surface area (Å²) in [6, 6.07) is 11.4. The summed E-state index contributed by atoms with van der Waals surface area (Å²) in [7, 11) is 0. The van der Waals surface area contributed by atoms with Crippen LogP contribution in [0.1, 0.15) is 41.2 Å². The van der Waals surface area contributed by atoms with Gasteiger partial charge in [0.25, 0.3) is 5.91 Å². The van der Waals surface area contributed by atoms with Gasteiger partial charge >= 0.3 is 0 Å². The Kier molecular flexibility index (Phi) is 5.67. The number of carbonyl (C=O) groups excluding carboxylic acids is 1. The minimum absolute atomic E-state index is 0.0887. The Bertz CT molecular complexity index is 875. The number of nitrogens with one attached hydrogen (secondary N) is 1. The van der Waals surface area contributed by atoms with Gasteiger partial charge in [0.15, 0.2) is 0 Å². The molecule has 28 heavy (non-hydrogen) atoms. The zero-order valence-electron chi connectivity index (χ0n) is 15.6. The molecule has 4 rings (SSSR count). The zero-order valence-corrected chi connectivity index (χ0v) is 15.6. The molecule has 1 saturated heterocycles. The van der Waals surface area contributed by atoms with Crippen molar-refractivity contribution in [3.05, 3.63) is 66.2 Å². The fourth-order valence-electron chi connectivity index (χ4n) is 3.60. The van der Waals surface area contributed by atoms with E-state index in [1.165, 1.54) is 25.6 Å². The molecule has 1 aliphatic heterocycles. The Balaban J connectivity index is 1.43. The Morgan fingerprint density at radius 3 is 2.61 bits per heavy atom. The molecule has 0 radical (unpaired) electrons. The fourth-order valence-corrected chi connectivity index (χ4v) is 3.60. The summed E-state index contributed by atoms with van der Waals surface area (Å²) in [4.78, 5) is 19.4. The summed E-state index contributed by atoms with van der Waals surface area (Å²) < 4.78 is 1.55. The normalized spacial score (nSPS) is 15.9. The van der Waals surface area contributed by atoms with E-state index in [4.69, 9.17) is 0 Å². The monoisotopic (exact) mass is 377 g/mol. The third kappa shape index (κ3) is 4.23. The van der Waals surface area contributed by atoms with E-state index in [-0.39, 0.29) is 11.9 Å². The summed E-state index contributed by atoms with van der Waals surface area (Å²) >= 11 is 0. The summed E-state index contributed by atoms with van der Waals surface area (Å²) in [5, 5.41) is 14.2. The van der Waals surface area contributed by atoms with Crippen LogP contribution in [0, 0.1) is 0 Å². The number of rotatable bonds is 6. The van der Waals surface area contributed by atoms with Crippen molar-refractivity contribution in [2.45, 2.75) is 25.3 Å². The molecule has 1 aromatic carbocycles. The molecule has 8 heteroatoms. The SMILES string of the molecule is O=C(NCC(c1cccnc1)N1CCCCC1)c1ccc(-n2cnnn2)cc1. The van der Waals surface area contributed by atoms with E-state index < -0.39 is 0 Å². The van der Waals surface area contributed by atoms with Gasteiger partial charge in [-0.15, -0.1) is 5.10 Å². The number of aromatic nitrogens is 5. The molecule has 0 saturated carbocycles. The Morgan fingerprint density at radius 1 is 1.11 bits per heavy atom.